The van der Waals surface area contributed by atoms with Crippen molar-refractivity contribution >= 4 is 11.9 Å². The fraction of sp³-hybridized carbons (Fsp3) is 0.588. The highest BCUT2D eigenvalue weighted by atomic mass is 16.5. The van der Waals surface area contributed by atoms with Gasteiger partial charge in [0.15, 0.2) is 0 Å². The molecule has 2 aliphatic carbocycles. The number of carbonyl (C=O) groups excluding carboxylic acids is 2. The van der Waals surface area contributed by atoms with Crippen molar-refractivity contribution in [1.82, 2.24) is 5.32 Å². The number of hydrogen-bond acceptors (Lipinski definition) is 4. The lowest BCUT2D eigenvalue weighted by atomic mass is 9.55. The molecule has 2 aromatic rings. The number of esters is 1. The topological polar surface area (TPSA) is 75.6 Å². The van der Waals surface area contributed by atoms with E-state index in [4.69, 9.17) is 4.74 Å². The zero-order chi connectivity index (χ0) is 28.2. The lowest BCUT2D eigenvalue weighted by Gasteiger charge is -2.59. The van der Waals surface area contributed by atoms with Crippen LogP contribution in [-0.2, 0) is 21.4 Å². The third-order valence-electron chi connectivity index (χ3n) is 9.74. The molecule has 0 bridgehead atoms. The van der Waals surface area contributed by atoms with Gasteiger partial charge in [0.2, 0.25) is 5.91 Å². The average Bonchev–Trinajstić information content (AvgIpc) is 3.72. The van der Waals surface area contributed by atoms with Gasteiger partial charge in [-0.3, -0.25) is 9.59 Å². The molecular weight excluding hydrogens is 500 g/mol. The summed E-state index contributed by atoms with van der Waals surface area (Å²) in [6.45, 7) is 4.27. The predicted octanol–water partition coefficient (Wildman–Crippen LogP) is 5.31. The van der Waals surface area contributed by atoms with Gasteiger partial charge in [-0.2, -0.15) is 0 Å². The van der Waals surface area contributed by atoms with Crippen LogP contribution in [0.3, 0.4) is 0 Å². The number of fused-ring (bicyclic) bond motifs is 1. The van der Waals surface area contributed by atoms with E-state index in [0.717, 1.165) is 74.1 Å². The highest BCUT2D eigenvalue weighted by Gasteiger charge is 2.62. The summed E-state index contributed by atoms with van der Waals surface area (Å²) in [5.74, 6) is 1.07. The standard InChI is InChI=1S/C34H46N2O4/c1-26(37)40-31-14-9-13-29(22-31)33-20-21-36(2,24-28-16-17-28)25-34(33,39)19-18-30(23-33)35-32(38)15-8-4-7-12-27-10-5-3-6-11-27/h3,5-6,9-11,13-14,22,28,30,39H,4,7-8,12,15-21,23-25H2,1-2H3/p+1/t30-,33-,34?,36+/m0/s1. The summed E-state index contributed by atoms with van der Waals surface area (Å²) >= 11 is 0. The second kappa shape index (κ2) is 12.0. The Morgan fingerprint density at radius 3 is 2.58 bits per heavy atom. The van der Waals surface area contributed by atoms with Gasteiger partial charge in [0, 0.05) is 37.1 Å². The van der Waals surface area contributed by atoms with Crippen molar-refractivity contribution in [2.45, 2.75) is 94.6 Å². The number of aliphatic hydroxyl groups is 1. The third-order valence-corrected chi connectivity index (χ3v) is 9.74. The van der Waals surface area contributed by atoms with Crippen molar-refractivity contribution in [3.8, 4) is 5.75 Å². The number of quaternary nitrogens is 1. The summed E-state index contributed by atoms with van der Waals surface area (Å²) in [4.78, 5) is 24.7. The largest absolute Gasteiger partial charge is 0.427 e. The second-order valence-electron chi connectivity index (χ2n) is 13.2. The molecule has 3 aliphatic rings. The van der Waals surface area contributed by atoms with E-state index in [-0.39, 0.29) is 17.9 Å². The van der Waals surface area contributed by atoms with Crippen LogP contribution in [0.4, 0.5) is 0 Å². The lowest BCUT2D eigenvalue weighted by molar-refractivity contribution is -0.925. The first-order valence-electron chi connectivity index (χ1n) is 15.4. The van der Waals surface area contributed by atoms with Gasteiger partial charge in [-0.05, 0) is 74.6 Å². The maximum Gasteiger partial charge on any atom is 0.308 e. The summed E-state index contributed by atoms with van der Waals surface area (Å²) in [7, 11) is 2.31. The maximum atomic E-state index is 13.0. The van der Waals surface area contributed by atoms with Crippen molar-refractivity contribution in [2.24, 2.45) is 5.92 Å². The number of piperidine rings is 1. The van der Waals surface area contributed by atoms with Crippen LogP contribution in [0.5, 0.6) is 5.75 Å². The van der Waals surface area contributed by atoms with Crippen molar-refractivity contribution in [1.29, 1.82) is 0 Å². The molecule has 6 heteroatoms. The van der Waals surface area contributed by atoms with Crippen LogP contribution in [0.1, 0.15) is 82.3 Å². The fourth-order valence-corrected chi connectivity index (χ4v) is 7.59. The van der Waals surface area contributed by atoms with Crippen LogP contribution in [0.15, 0.2) is 54.6 Å². The van der Waals surface area contributed by atoms with Gasteiger partial charge in [0.1, 0.15) is 17.9 Å². The molecule has 0 aromatic heterocycles. The molecule has 2 aromatic carbocycles. The first kappa shape index (κ1) is 28.8. The quantitative estimate of drug-likeness (QED) is 0.173. The van der Waals surface area contributed by atoms with Crippen LogP contribution < -0.4 is 10.1 Å². The molecule has 4 atom stereocenters. The first-order chi connectivity index (χ1) is 19.2. The van der Waals surface area contributed by atoms with Gasteiger partial charge in [0.25, 0.3) is 0 Å². The molecule has 3 fully saturated rings. The van der Waals surface area contributed by atoms with E-state index < -0.39 is 11.0 Å². The molecule has 216 valence electrons. The normalized spacial score (nSPS) is 29.8. The van der Waals surface area contributed by atoms with E-state index in [1.807, 2.05) is 18.2 Å². The van der Waals surface area contributed by atoms with Crippen LogP contribution in [0.25, 0.3) is 0 Å². The SMILES string of the molecule is CC(=O)Oc1cccc([C@@]23CC[N@+](C)(CC4CC4)CC2(O)CC[C@H](NC(=O)CCCCCc2ccccc2)C3)c1. The number of likely N-dealkylation sites (N-methyl/N-ethyl adjacent to an activating group) is 1. The number of ether oxygens (including phenoxy) is 1. The van der Waals surface area contributed by atoms with Crippen LogP contribution >= 0.6 is 0 Å². The van der Waals surface area contributed by atoms with E-state index in [9.17, 15) is 14.7 Å². The van der Waals surface area contributed by atoms with E-state index in [0.29, 0.717) is 25.0 Å². The summed E-state index contributed by atoms with van der Waals surface area (Å²) in [5, 5.41) is 15.8. The minimum Gasteiger partial charge on any atom is -0.427 e. The van der Waals surface area contributed by atoms with Crippen molar-refractivity contribution in [3.05, 3.63) is 65.7 Å². The lowest BCUT2D eigenvalue weighted by Crippen LogP contribution is -2.71. The van der Waals surface area contributed by atoms with Gasteiger partial charge >= 0.3 is 5.97 Å². The zero-order valence-corrected chi connectivity index (χ0v) is 24.4. The predicted molar refractivity (Wildman–Crippen MR) is 157 cm³/mol. The van der Waals surface area contributed by atoms with Gasteiger partial charge < -0.3 is 19.6 Å². The minimum absolute atomic E-state index is 0.0229. The summed E-state index contributed by atoms with van der Waals surface area (Å²) in [6.07, 6.45) is 10.2. The Labute approximate surface area is 239 Å². The molecule has 40 heavy (non-hydrogen) atoms. The highest BCUT2D eigenvalue weighted by molar-refractivity contribution is 5.76. The molecule has 0 spiro atoms. The number of rotatable bonds is 11. The molecule has 5 rings (SSSR count). The molecule has 1 amide bonds. The van der Waals surface area contributed by atoms with E-state index >= 15 is 0 Å². The number of unbranched alkanes of at least 4 members (excludes halogenated alkanes) is 2. The highest BCUT2D eigenvalue weighted by Crippen LogP contribution is 2.53. The molecule has 0 radical (unpaired) electrons. The smallest absolute Gasteiger partial charge is 0.308 e. The van der Waals surface area contributed by atoms with Crippen LogP contribution in [0, 0.1) is 5.92 Å². The van der Waals surface area contributed by atoms with Gasteiger partial charge in [-0.25, -0.2) is 0 Å². The van der Waals surface area contributed by atoms with E-state index in [1.54, 1.807) is 6.07 Å². The van der Waals surface area contributed by atoms with Crippen LogP contribution in [0.2, 0.25) is 0 Å². The molecule has 2 saturated carbocycles. The van der Waals surface area contributed by atoms with Crippen LogP contribution in [-0.4, -0.2) is 59.8 Å². The van der Waals surface area contributed by atoms with E-state index in [2.05, 4.69) is 42.7 Å². The Kier molecular flexibility index (Phi) is 8.67. The summed E-state index contributed by atoms with van der Waals surface area (Å²) < 4.78 is 6.36. The number of nitrogens with zero attached hydrogens (tertiary/aromatic N) is 1. The monoisotopic (exact) mass is 547 g/mol. The molecule has 1 heterocycles. The van der Waals surface area contributed by atoms with Gasteiger partial charge in [-0.1, -0.05) is 48.9 Å². The van der Waals surface area contributed by atoms with Crippen molar-refractivity contribution in [3.63, 3.8) is 0 Å². The Balaban J connectivity index is 1.25. The fourth-order valence-electron chi connectivity index (χ4n) is 7.59. The molecule has 1 saturated heterocycles. The molecule has 2 N–H and O–H groups in total. The summed E-state index contributed by atoms with van der Waals surface area (Å²) in [5.41, 5.74) is 1.01. The Morgan fingerprint density at radius 2 is 1.82 bits per heavy atom. The Bertz CT molecular complexity index is 1180. The average molecular weight is 548 g/mol. The first-order valence-corrected chi connectivity index (χ1v) is 15.4. The number of aryl methyl sites for hydroxylation is 1. The Hall–Kier alpha value is -2.70. The molecule has 1 unspecified atom stereocenters. The van der Waals surface area contributed by atoms with E-state index in [1.165, 1.54) is 25.3 Å². The number of benzene rings is 2. The van der Waals surface area contributed by atoms with Gasteiger partial charge in [0.05, 0.1) is 20.1 Å². The molecule has 1 aliphatic heterocycles. The molecular formula is C34H47N2O4+. The van der Waals surface area contributed by atoms with Crippen molar-refractivity contribution in [2.75, 3.05) is 26.7 Å². The Morgan fingerprint density at radius 1 is 1.02 bits per heavy atom. The molecule has 6 nitrogen and oxygen atoms in total. The number of nitrogens with one attached hydrogen (secondary N) is 1. The minimum atomic E-state index is -0.873. The number of hydrogen-bond donors (Lipinski definition) is 2. The maximum absolute atomic E-state index is 13.0. The number of likely N-dealkylation sites (tertiary alicyclic amines) is 1. The number of amides is 1. The third kappa shape index (κ3) is 6.77. The second-order valence-corrected chi connectivity index (χ2v) is 13.2. The number of carbonyl (C=O) groups is 2. The van der Waals surface area contributed by atoms with Crippen molar-refractivity contribution < 1.29 is 23.9 Å². The zero-order valence-electron chi connectivity index (χ0n) is 24.4. The van der Waals surface area contributed by atoms with Gasteiger partial charge in [-0.15, -0.1) is 0 Å². The summed E-state index contributed by atoms with van der Waals surface area (Å²) in [6, 6.07) is 18.3.